The van der Waals surface area contributed by atoms with Gasteiger partial charge in [0.15, 0.2) is 0 Å². The summed E-state index contributed by atoms with van der Waals surface area (Å²) in [5.41, 5.74) is 2.12. The number of hydrogen-bond donors (Lipinski definition) is 1. The Balaban J connectivity index is 1.78. The summed E-state index contributed by atoms with van der Waals surface area (Å²) in [6.45, 7) is 8.26. The predicted molar refractivity (Wildman–Crippen MR) is 94.6 cm³/mol. The van der Waals surface area contributed by atoms with Gasteiger partial charge in [-0.15, -0.1) is 6.58 Å². The highest BCUT2D eigenvalue weighted by atomic mass is 16.2. The number of amides is 2. The third kappa shape index (κ3) is 2.29. The Morgan fingerprint density at radius 3 is 2.58 bits per heavy atom. The van der Waals surface area contributed by atoms with E-state index >= 15 is 0 Å². The summed E-state index contributed by atoms with van der Waals surface area (Å²) in [6.07, 6.45) is 1.92. The molecule has 1 saturated heterocycles. The Hall–Kier alpha value is -2.66. The summed E-state index contributed by atoms with van der Waals surface area (Å²) >= 11 is 0. The van der Waals surface area contributed by atoms with Crippen LogP contribution in [0.25, 0.3) is 10.8 Å². The van der Waals surface area contributed by atoms with Crippen molar-refractivity contribution in [3.8, 4) is 0 Å². The van der Waals surface area contributed by atoms with Crippen LogP contribution in [0.4, 0.5) is 5.69 Å². The fraction of sp³-hybridized carbons (Fsp3) is 0.263. The molecule has 2 heterocycles. The average Bonchev–Trinajstić information content (AvgIpc) is 2.60. The van der Waals surface area contributed by atoms with Crippen LogP contribution < -0.4 is 10.2 Å². The van der Waals surface area contributed by atoms with Crippen LogP contribution in [-0.2, 0) is 0 Å². The molecule has 1 N–H and O–H groups in total. The van der Waals surface area contributed by atoms with Crippen molar-refractivity contribution < 1.29 is 9.59 Å². The minimum absolute atomic E-state index is 0.298. The Kier molecular flexibility index (Phi) is 3.58. The van der Waals surface area contributed by atoms with Crippen molar-refractivity contribution >= 4 is 28.3 Å². The lowest BCUT2D eigenvalue weighted by atomic mass is 9.93. The summed E-state index contributed by atoms with van der Waals surface area (Å²) in [4.78, 5) is 29.2. The van der Waals surface area contributed by atoms with Gasteiger partial charge in [0.05, 0.1) is 11.3 Å². The monoisotopic (exact) mass is 321 g/mol. The van der Waals surface area contributed by atoms with Gasteiger partial charge in [-0.3, -0.25) is 19.8 Å². The second-order valence-electron chi connectivity index (χ2n) is 6.22. The summed E-state index contributed by atoms with van der Waals surface area (Å²) < 4.78 is 0. The number of carbonyl (C=O) groups excluding carboxylic acids is 2. The van der Waals surface area contributed by atoms with Crippen LogP contribution in [0.1, 0.15) is 20.7 Å². The molecule has 5 heteroatoms. The molecule has 2 aromatic carbocycles. The molecule has 1 fully saturated rings. The zero-order chi connectivity index (χ0) is 16.7. The van der Waals surface area contributed by atoms with Gasteiger partial charge in [-0.2, -0.15) is 0 Å². The number of nitrogens with one attached hydrogen (secondary N) is 1. The van der Waals surface area contributed by atoms with E-state index in [1.807, 2.05) is 30.3 Å². The van der Waals surface area contributed by atoms with Crippen molar-refractivity contribution in [3.63, 3.8) is 0 Å². The number of carbonyl (C=O) groups is 2. The second kappa shape index (κ2) is 5.76. The highest BCUT2D eigenvalue weighted by molar-refractivity contribution is 6.27. The average molecular weight is 321 g/mol. The predicted octanol–water partition coefficient (Wildman–Crippen LogP) is 2.03. The van der Waals surface area contributed by atoms with Crippen LogP contribution in [0.15, 0.2) is 43.0 Å². The van der Waals surface area contributed by atoms with E-state index < -0.39 is 0 Å². The largest absolute Gasteiger partial charge is 0.368 e. The maximum atomic E-state index is 12.5. The first-order valence-electron chi connectivity index (χ1n) is 8.18. The van der Waals surface area contributed by atoms with E-state index in [1.165, 1.54) is 0 Å². The molecule has 0 atom stereocenters. The van der Waals surface area contributed by atoms with Crippen LogP contribution in [-0.4, -0.2) is 49.4 Å². The molecule has 0 unspecified atom stereocenters. The molecule has 0 radical (unpaired) electrons. The molecule has 5 nitrogen and oxygen atoms in total. The van der Waals surface area contributed by atoms with Gasteiger partial charge in [0.2, 0.25) is 0 Å². The molecule has 2 amide bonds. The van der Waals surface area contributed by atoms with E-state index in [0.717, 1.165) is 49.2 Å². The van der Waals surface area contributed by atoms with E-state index in [1.54, 1.807) is 6.07 Å². The van der Waals surface area contributed by atoms with Crippen molar-refractivity contribution in [1.82, 2.24) is 10.2 Å². The van der Waals surface area contributed by atoms with E-state index in [-0.39, 0.29) is 11.8 Å². The standard InChI is InChI=1S/C19H19N3O2/c1-2-8-21-9-11-22(12-10-21)15-7-6-13-4-3-5-14-16(13)17(15)19(24)20-18(14)23/h2-7H,1,8-12H2,(H,20,23,24). The third-order valence-electron chi connectivity index (χ3n) is 4.82. The zero-order valence-electron chi connectivity index (χ0n) is 13.4. The van der Waals surface area contributed by atoms with E-state index in [2.05, 4.69) is 21.7 Å². The molecule has 0 saturated carbocycles. The first-order chi connectivity index (χ1) is 11.7. The van der Waals surface area contributed by atoms with E-state index in [9.17, 15) is 9.59 Å². The third-order valence-corrected chi connectivity index (χ3v) is 4.82. The van der Waals surface area contributed by atoms with Gasteiger partial charge in [0.1, 0.15) is 0 Å². The Morgan fingerprint density at radius 1 is 1.04 bits per heavy atom. The highest BCUT2D eigenvalue weighted by Gasteiger charge is 2.29. The number of anilines is 1. The maximum Gasteiger partial charge on any atom is 0.260 e. The lowest BCUT2D eigenvalue weighted by Gasteiger charge is -2.37. The molecule has 0 aliphatic carbocycles. The van der Waals surface area contributed by atoms with Crippen LogP contribution in [0.2, 0.25) is 0 Å². The summed E-state index contributed by atoms with van der Waals surface area (Å²) in [5.74, 6) is -0.612. The molecular formula is C19H19N3O2. The second-order valence-corrected chi connectivity index (χ2v) is 6.22. The van der Waals surface area contributed by atoms with Crippen LogP contribution in [0, 0.1) is 0 Å². The van der Waals surface area contributed by atoms with E-state index in [4.69, 9.17) is 0 Å². The molecule has 2 aromatic rings. The summed E-state index contributed by atoms with van der Waals surface area (Å²) in [5, 5.41) is 4.18. The van der Waals surface area contributed by atoms with Gasteiger partial charge in [-0.25, -0.2) is 0 Å². The Bertz CT molecular complexity index is 851. The summed E-state index contributed by atoms with van der Waals surface area (Å²) in [7, 11) is 0. The Labute approximate surface area is 140 Å². The van der Waals surface area contributed by atoms with Gasteiger partial charge < -0.3 is 4.90 Å². The molecule has 0 spiro atoms. The fourth-order valence-electron chi connectivity index (χ4n) is 3.64. The SMILES string of the molecule is C=CCN1CCN(c2ccc3cccc4c3c2C(=O)NC4=O)CC1. The highest BCUT2D eigenvalue weighted by Crippen LogP contribution is 2.34. The number of benzene rings is 2. The van der Waals surface area contributed by atoms with Crippen molar-refractivity contribution in [2.75, 3.05) is 37.6 Å². The number of hydrogen-bond acceptors (Lipinski definition) is 4. The molecular weight excluding hydrogens is 302 g/mol. The molecule has 0 bridgehead atoms. The fourth-order valence-corrected chi connectivity index (χ4v) is 3.64. The van der Waals surface area contributed by atoms with Gasteiger partial charge in [-0.1, -0.05) is 24.3 Å². The lowest BCUT2D eigenvalue weighted by molar-refractivity contribution is 0.0845. The van der Waals surface area contributed by atoms with Crippen molar-refractivity contribution in [2.45, 2.75) is 0 Å². The van der Waals surface area contributed by atoms with Crippen LogP contribution in [0.3, 0.4) is 0 Å². The molecule has 122 valence electrons. The molecule has 0 aromatic heterocycles. The molecule has 24 heavy (non-hydrogen) atoms. The minimum atomic E-state index is -0.314. The molecule has 2 aliphatic heterocycles. The summed E-state index contributed by atoms with van der Waals surface area (Å²) in [6, 6.07) is 9.57. The normalized spacial score (nSPS) is 17.9. The van der Waals surface area contributed by atoms with E-state index in [0.29, 0.717) is 11.1 Å². The van der Waals surface area contributed by atoms with Gasteiger partial charge in [0, 0.05) is 43.7 Å². The number of nitrogens with zero attached hydrogens (tertiary/aromatic N) is 2. The minimum Gasteiger partial charge on any atom is -0.368 e. The first-order valence-corrected chi connectivity index (χ1v) is 8.18. The number of rotatable bonds is 3. The smallest absolute Gasteiger partial charge is 0.260 e. The Morgan fingerprint density at radius 2 is 1.83 bits per heavy atom. The number of piperazine rings is 1. The zero-order valence-corrected chi connectivity index (χ0v) is 13.4. The van der Waals surface area contributed by atoms with Gasteiger partial charge in [0.25, 0.3) is 11.8 Å². The topological polar surface area (TPSA) is 52.6 Å². The molecule has 4 rings (SSSR count). The molecule has 2 aliphatic rings. The quantitative estimate of drug-likeness (QED) is 0.694. The number of imide groups is 1. The first kappa shape index (κ1) is 14.9. The van der Waals surface area contributed by atoms with Crippen molar-refractivity contribution in [3.05, 3.63) is 54.1 Å². The van der Waals surface area contributed by atoms with Crippen LogP contribution in [0.5, 0.6) is 0 Å². The van der Waals surface area contributed by atoms with Gasteiger partial charge >= 0.3 is 0 Å². The van der Waals surface area contributed by atoms with Crippen LogP contribution >= 0.6 is 0 Å². The van der Waals surface area contributed by atoms with Gasteiger partial charge in [-0.05, 0) is 17.5 Å². The maximum absolute atomic E-state index is 12.5. The van der Waals surface area contributed by atoms with Crippen molar-refractivity contribution in [2.24, 2.45) is 0 Å². The lowest BCUT2D eigenvalue weighted by Crippen LogP contribution is -2.47. The van der Waals surface area contributed by atoms with Crippen molar-refractivity contribution in [1.29, 1.82) is 0 Å².